The first-order chi connectivity index (χ1) is 7.79. The summed E-state index contributed by atoms with van der Waals surface area (Å²) < 4.78 is 10.2. The van der Waals surface area contributed by atoms with Gasteiger partial charge in [-0.1, -0.05) is 17.3 Å². The maximum atomic E-state index is 5.67. The lowest BCUT2D eigenvalue weighted by Crippen LogP contribution is -1.91. The van der Waals surface area contributed by atoms with Crippen LogP contribution in [0.4, 0.5) is 5.69 Å². The van der Waals surface area contributed by atoms with E-state index >= 15 is 0 Å². The van der Waals surface area contributed by atoms with Crippen LogP contribution in [0.3, 0.4) is 0 Å². The van der Waals surface area contributed by atoms with Gasteiger partial charge in [-0.15, -0.1) is 0 Å². The number of aromatic nitrogens is 2. The maximum absolute atomic E-state index is 5.67. The zero-order valence-corrected chi connectivity index (χ0v) is 9.01. The van der Waals surface area contributed by atoms with Crippen LogP contribution in [0.1, 0.15) is 12.8 Å². The molecule has 1 heterocycles. The third-order valence-corrected chi connectivity index (χ3v) is 2.04. The van der Waals surface area contributed by atoms with Crippen LogP contribution in [0.2, 0.25) is 0 Å². The van der Waals surface area contributed by atoms with Crippen LogP contribution in [0.15, 0.2) is 28.8 Å². The fourth-order valence-electron chi connectivity index (χ4n) is 1.30. The standard InChI is InChI=1S/C11H13N3O2/c1-2-15-7-10-13-11(14-16-10)8-4-3-5-9(12)6-8/h3-6H,2,7,12H2,1H3. The van der Waals surface area contributed by atoms with Gasteiger partial charge in [0, 0.05) is 17.9 Å². The molecule has 16 heavy (non-hydrogen) atoms. The smallest absolute Gasteiger partial charge is 0.252 e. The molecule has 0 spiro atoms. The molecule has 0 fully saturated rings. The van der Waals surface area contributed by atoms with Crippen molar-refractivity contribution in [3.63, 3.8) is 0 Å². The molecule has 5 nitrogen and oxygen atoms in total. The lowest BCUT2D eigenvalue weighted by molar-refractivity contribution is 0.109. The van der Waals surface area contributed by atoms with Gasteiger partial charge in [-0.05, 0) is 19.1 Å². The predicted molar refractivity (Wildman–Crippen MR) is 59.5 cm³/mol. The molecule has 2 aromatic rings. The predicted octanol–water partition coefficient (Wildman–Crippen LogP) is 1.86. The van der Waals surface area contributed by atoms with E-state index in [-0.39, 0.29) is 0 Å². The van der Waals surface area contributed by atoms with Gasteiger partial charge in [-0.3, -0.25) is 0 Å². The highest BCUT2D eigenvalue weighted by molar-refractivity contribution is 5.60. The molecule has 0 aliphatic rings. The van der Waals surface area contributed by atoms with E-state index in [2.05, 4.69) is 10.1 Å². The van der Waals surface area contributed by atoms with Crippen molar-refractivity contribution in [2.75, 3.05) is 12.3 Å². The number of anilines is 1. The summed E-state index contributed by atoms with van der Waals surface area (Å²) in [4.78, 5) is 4.20. The minimum absolute atomic E-state index is 0.339. The van der Waals surface area contributed by atoms with Crippen LogP contribution in [0, 0.1) is 0 Å². The van der Waals surface area contributed by atoms with Crippen molar-refractivity contribution < 1.29 is 9.26 Å². The molecule has 0 amide bonds. The quantitative estimate of drug-likeness (QED) is 0.794. The first-order valence-electron chi connectivity index (χ1n) is 5.06. The molecular formula is C11H13N3O2. The molecule has 0 aliphatic heterocycles. The monoisotopic (exact) mass is 219 g/mol. The van der Waals surface area contributed by atoms with Crippen LogP contribution < -0.4 is 5.73 Å². The van der Waals surface area contributed by atoms with Crippen LogP contribution in [0.5, 0.6) is 0 Å². The zero-order chi connectivity index (χ0) is 11.4. The van der Waals surface area contributed by atoms with E-state index in [1.807, 2.05) is 25.1 Å². The first-order valence-corrected chi connectivity index (χ1v) is 5.06. The lowest BCUT2D eigenvalue weighted by Gasteiger charge is -1.95. The van der Waals surface area contributed by atoms with E-state index in [4.69, 9.17) is 15.0 Å². The Morgan fingerprint density at radius 1 is 1.44 bits per heavy atom. The molecule has 1 aromatic carbocycles. The average Bonchev–Trinajstić information content (AvgIpc) is 2.75. The van der Waals surface area contributed by atoms with Crippen LogP contribution in [-0.4, -0.2) is 16.7 Å². The number of nitrogen functional groups attached to an aromatic ring is 1. The molecule has 0 atom stereocenters. The van der Waals surface area contributed by atoms with Gasteiger partial charge < -0.3 is 15.0 Å². The second kappa shape index (κ2) is 4.76. The number of benzene rings is 1. The molecular weight excluding hydrogens is 206 g/mol. The Balaban J connectivity index is 2.18. The van der Waals surface area contributed by atoms with Crippen LogP contribution >= 0.6 is 0 Å². The topological polar surface area (TPSA) is 74.2 Å². The van der Waals surface area contributed by atoms with Crippen molar-refractivity contribution in [2.24, 2.45) is 0 Å². The molecule has 0 bridgehead atoms. The second-order valence-corrected chi connectivity index (χ2v) is 3.27. The third-order valence-electron chi connectivity index (χ3n) is 2.04. The third kappa shape index (κ3) is 2.38. The largest absolute Gasteiger partial charge is 0.399 e. The molecule has 0 aliphatic carbocycles. The van der Waals surface area contributed by atoms with Crippen LogP contribution in [-0.2, 0) is 11.3 Å². The molecule has 1 aromatic heterocycles. The van der Waals surface area contributed by atoms with Gasteiger partial charge in [0.2, 0.25) is 5.82 Å². The van der Waals surface area contributed by atoms with E-state index in [1.165, 1.54) is 0 Å². The van der Waals surface area contributed by atoms with E-state index in [9.17, 15) is 0 Å². The molecule has 0 radical (unpaired) electrons. The summed E-state index contributed by atoms with van der Waals surface area (Å²) in [6.07, 6.45) is 0. The molecule has 0 saturated carbocycles. The maximum Gasteiger partial charge on any atom is 0.252 e. The summed E-state index contributed by atoms with van der Waals surface area (Å²) in [5.41, 5.74) is 7.19. The molecule has 2 N–H and O–H groups in total. The summed E-state index contributed by atoms with van der Waals surface area (Å²) in [7, 11) is 0. The second-order valence-electron chi connectivity index (χ2n) is 3.27. The van der Waals surface area contributed by atoms with Gasteiger partial charge in [0.1, 0.15) is 6.61 Å². The SMILES string of the molecule is CCOCc1nc(-c2cccc(N)c2)no1. The number of hydrogen-bond donors (Lipinski definition) is 1. The normalized spacial score (nSPS) is 10.6. The zero-order valence-electron chi connectivity index (χ0n) is 9.01. The first kappa shape index (κ1) is 10.6. The van der Waals surface area contributed by atoms with Crippen LogP contribution in [0.25, 0.3) is 11.4 Å². The number of rotatable bonds is 4. The Kier molecular flexibility index (Phi) is 3.16. The summed E-state index contributed by atoms with van der Waals surface area (Å²) in [5, 5.41) is 3.86. The Hall–Kier alpha value is -1.88. The van der Waals surface area contributed by atoms with E-state index in [1.54, 1.807) is 6.07 Å². The Morgan fingerprint density at radius 3 is 3.06 bits per heavy atom. The summed E-state index contributed by atoms with van der Waals surface area (Å²) >= 11 is 0. The van der Waals surface area contributed by atoms with Gasteiger partial charge in [-0.25, -0.2) is 0 Å². The number of nitrogens with zero attached hydrogens (tertiary/aromatic N) is 2. The molecule has 5 heteroatoms. The van der Waals surface area contributed by atoms with E-state index in [0.29, 0.717) is 30.6 Å². The molecule has 0 unspecified atom stereocenters. The summed E-state index contributed by atoms with van der Waals surface area (Å²) in [5.74, 6) is 1.00. The summed E-state index contributed by atoms with van der Waals surface area (Å²) in [6, 6.07) is 7.34. The average molecular weight is 219 g/mol. The molecule has 84 valence electrons. The van der Waals surface area contributed by atoms with Gasteiger partial charge in [0.15, 0.2) is 0 Å². The van der Waals surface area contributed by atoms with Gasteiger partial charge >= 0.3 is 0 Å². The number of ether oxygens (including phenoxy) is 1. The highest BCUT2D eigenvalue weighted by Gasteiger charge is 2.08. The molecule has 2 rings (SSSR count). The van der Waals surface area contributed by atoms with Gasteiger partial charge in [0.05, 0.1) is 0 Å². The van der Waals surface area contributed by atoms with Crippen molar-refractivity contribution in [2.45, 2.75) is 13.5 Å². The van der Waals surface area contributed by atoms with Crippen molar-refractivity contribution in [3.05, 3.63) is 30.2 Å². The van der Waals surface area contributed by atoms with Crippen molar-refractivity contribution in [1.82, 2.24) is 10.1 Å². The summed E-state index contributed by atoms with van der Waals surface area (Å²) in [6.45, 7) is 2.87. The number of hydrogen-bond acceptors (Lipinski definition) is 5. The Morgan fingerprint density at radius 2 is 2.31 bits per heavy atom. The van der Waals surface area contributed by atoms with Gasteiger partial charge in [0.25, 0.3) is 5.89 Å². The van der Waals surface area contributed by atoms with Crippen molar-refractivity contribution in [3.8, 4) is 11.4 Å². The van der Waals surface area contributed by atoms with Crippen molar-refractivity contribution >= 4 is 5.69 Å². The fraction of sp³-hybridized carbons (Fsp3) is 0.273. The number of nitrogens with two attached hydrogens (primary N) is 1. The molecule has 0 saturated heterocycles. The van der Waals surface area contributed by atoms with E-state index in [0.717, 1.165) is 5.56 Å². The highest BCUT2D eigenvalue weighted by Crippen LogP contribution is 2.18. The lowest BCUT2D eigenvalue weighted by atomic mass is 10.2. The fourth-order valence-corrected chi connectivity index (χ4v) is 1.30. The van der Waals surface area contributed by atoms with Crippen molar-refractivity contribution in [1.29, 1.82) is 0 Å². The van der Waals surface area contributed by atoms with Gasteiger partial charge in [-0.2, -0.15) is 4.98 Å². The Bertz CT molecular complexity index is 468. The highest BCUT2D eigenvalue weighted by atomic mass is 16.5. The van der Waals surface area contributed by atoms with E-state index < -0.39 is 0 Å². The minimum atomic E-state index is 0.339. The minimum Gasteiger partial charge on any atom is -0.399 e. The Labute approximate surface area is 93.2 Å².